The first-order valence-corrected chi connectivity index (χ1v) is 6.18. The summed E-state index contributed by atoms with van der Waals surface area (Å²) < 4.78 is 28.3. The highest BCUT2D eigenvalue weighted by Gasteiger charge is 2.49. The highest BCUT2D eigenvalue weighted by molar-refractivity contribution is 7.80. The summed E-state index contributed by atoms with van der Waals surface area (Å²) in [6.45, 7) is 2.97. The Balaban J connectivity index is 2.40. The van der Waals surface area contributed by atoms with Crippen molar-refractivity contribution in [2.24, 2.45) is 0 Å². The van der Waals surface area contributed by atoms with Crippen molar-refractivity contribution in [1.29, 1.82) is 0 Å². The standard InChI is InChI=1S/C13H16F2N2S/c1-12(15)7-10(14)13(2,17-11(12)18)8-4-3-5-9(16)6-8/h3-6,10H,7,16H2,1-2H3,(H,17,18)/t10-,12-,13-/m1/s1. The van der Waals surface area contributed by atoms with Crippen LogP contribution >= 0.6 is 12.2 Å². The molecular weight excluding hydrogens is 254 g/mol. The zero-order chi connectivity index (χ0) is 13.6. The first kappa shape index (κ1) is 13.2. The Morgan fingerprint density at radius 3 is 2.72 bits per heavy atom. The van der Waals surface area contributed by atoms with Gasteiger partial charge in [0.1, 0.15) is 11.2 Å². The predicted molar refractivity (Wildman–Crippen MR) is 73.0 cm³/mol. The van der Waals surface area contributed by atoms with Gasteiger partial charge in [0.05, 0.1) is 5.54 Å². The first-order chi connectivity index (χ1) is 8.25. The minimum absolute atomic E-state index is 0.0429. The molecule has 0 unspecified atom stereocenters. The average Bonchev–Trinajstić information content (AvgIpc) is 2.26. The van der Waals surface area contributed by atoms with Crippen molar-refractivity contribution < 1.29 is 8.78 Å². The molecule has 1 aliphatic rings. The van der Waals surface area contributed by atoms with Crippen LogP contribution in [0.25, 0.3) is 0 Å². The molecule has 2 nitrogen and oxygen atoms in total. The number of rotatable bonds is 1. The molecule has 3 atom stereocenters. The van der Waals surface area contributed by atoms with Gasteiger partial charge in [-0.2, -0.15) is 0 Å². The zero-order valence-electron chi connectivity index (χ0n) is 10.3. The van der Waals surface area contributed by atoms with E-state index in [0.717, 1.165) is 0 Å². The van der Waals surface area contributed by atoms with E-state index in [1.165, 1.54) is 6.92 Å². The van der Waals surface area contributed by atoms with Crippen LogP contribution in [-0.4, -0.2) is 16.8 Å². The summed E-state index contributed by atoms with van der Waals surface area (Å²) in [7, 11) is 0. The summed E-state index contributed by atoms with van der Waals surface area (Å²) >= 11 is 4.99. The van der Waals surface area contributed by atoms with Crippen molar-refractivity contribution in [2.75, 3.05) is 5.73 Å². The van der Waals surface area contributed by atoms with Crippen molar-refractivity contribution in [2.45, 2.75) is 37.6 Å². The van der Waals surface area contributed by atoms with Crippen LogP contribution in [0, 0.1) is 0 Å². The van der Waals surface area contributed by atoms with Crippen molar-refractivity contribution in [3.8, 4) is 0 Å². The van der Waals surface area contributed by atoms with Crippen LogP contribution in [0.5, 0.6) is 0 Å². The summed E-state index contributed by atoms with van der Waals surface area (Å²) in [6.07, 6.45) is -1.62. The number of hydrogen-bond donors (Lipinski definition) is 2. The van der Waals surface area contributed by atoms with Crippen LogP contribution < -0.4 is 11.1 Å². The Morgan fingerprint density at radius 1 is 1.44 bits per heavy atom. The fourth-order valence-electron chi connectivity index (χ4n) is 2.19. The quantitative estimate of drug-likeness (QED) is 0.609. The van der Waals surface area contributed by atoms with Gasteiger partial charge >= 0.3 is 0 Å². The summed E-state index contributed by atoms with van der Waals surface area (Å²) in [5.41, 5.74) is 4.09. The van der Waals surface area contributed by atoms with E-state index in [4.69, 9.17) is 18.0 Å². The van der Waals surface area contributed by atoms with Gasteiger partial charge in [-0.15, -0.1) is 0 Å². The van der Waals surface area contributed by atoms with Crippen molar-refractivity contribution in [1.82, 2.24) is 5.32 Å². The van der Waals surface area contributed by atoms with Gasteiger partial charge in [-0.3, -0.25) is 0 Å². The van der Waals surface area contributed by atoms with Gasteiger partial charge in [0.25, 0.3) is 0 Å². The van der Waals surface area contributed by atoms with Gasteiger partial charge in [0.15, 0.2) is 5.67 Å². The smallest absolute Gasteiger partial charge is 0.160 e. The molecule has 1 saturated heterocycles. The number of nitrogens with one attached hydrogen (secondary N) is 1. The minimum atomic E-state index is -1.80. The molecule has 0 saturated carbocycles. The largest absolute Gasteiger partial charge is 0.399 e. The SMILES string of the molecule is C[C@@]1(F)C[C@@H](F)[C@@](C)(c2cccc(N)c2)NC1=S. The third-order valence-corrected chi connectivity index (χ3v) is 4.05. The Kier molecular flexibility index (Phi) is 3.05. The van der Waals surface area contributed by atoms with Crippen LogP contribution in [0.2, 0.25) is 0 Å². The number of anilines is 1. The van der Waals surface area contributed by atoms with E-state index >= 15 is 0 Å². The summed E-state index contributed by atoms with van der Waals surface area (Å²) in [4.78, 5) is 0.0429. The predicted octanol–water partition coefficient (Wildman–Crippen LogP) is 2.87. The van der Waals surface area contributed by atoms with E-state index < -0.39 is 17.4 Å². The lowest BCUT2D eigenvalue weighted by atomic mass is 9.78. The maximum atomic E-state index is 14.3. The molecule has 0 aromatic heterocycles. The number of thiocarbonyl (C=S) groups is 1. The average molecular weight is 270 g/mol. The monoisotopic (exact) mass is 270 g/mol. The van der Waals surface area contributed by atoms with E-state index in [1.54, 1.807) is 31.2 Å². The Hall–Kier alpha value is -1.23. The second-order valence-electron chi connectivity index (χ2n) is 5.15. The van der Waals surface area contributed by atoms with Gasteiger partial charge < -0.3 is 11.1 Å². The lowest BCUT2D eigenvalue weighted by Gasteiger charge is -2.44. The molecule has 5 heteroatoms. The molecule has 0 bridgehead atoms. The van der Waals surface area contributed by atoms with Crippen molar-refractivity contribution >= 4 is 22.9 Å². The third kappa shape index (κ3) is 2.07. The first-order valence-electron chi connectivity index (χ1n) is 5.77. The number of hydrogen-bond acceptors (Lipinski definition) is 2. The molecule has 3 N–H and O–H groups in total. The van der Waals surface area contributed by atoms with Crippen LogP contribution in [0.4, 0.5) is 14.5 Å². The molecule has 1 aromatic rings. The molecule has 0 aliphatic carbocycles. The molecule has 0 radical (unpaired) electrons. The second-order valence-corrected chi connectivity index (χ2v) is 5.56. The minimum Gasteiger partial charge on any atom is -0.399 e. The third-order valence-electron chi connectivity index (χ3n) is 3.52. The molecule has 1 aliphatic heterocycles. The van der Waals surface area contributed by atoms with Gasteiger partial charge in [-0.05, 0) is 31.5 Å². The van der Waals surface area contributed by atoms with E-state index in [-0.39, 0.29) is 11.4 Å². The maximum absolute atomic E-state index is 14.3. The Labute approximate surface area is 111 Å². The summed E-state index contributed by atoms with van der Waals surface area (Å²) in [6, 6.07) is 6.92. The number of alkyl halides is 2. The molecular formula is C13H16F2N2S. The number of nitrogens with two attached hydrogens (primary N) is 1. The maximum Gasteiger partial charge on any atom is 0.160 e. The molecule has 0 amide bonds. The van der Waals surface area contributed by atoms with Gasteiger partial charge in [0, 0.05) is 12.1 Å². The van der Waals surface area contributed by atoms with E-state index in [9.17, 15) is 8.78 Å². The summed E-state index contributed by atoms with van der Waals surface area (Å²) in [5.74, 6) is 0. The van der Waals surface area contributed by atoms with Crippen LogP contribution in [0.1, 0.15) is 25.8 Å². The molecule has 2 rings (SSSR count). The number of nitrogen functional groups attached to an aromatic ring is 1. The topological polar surface area (TPSA) is 38.0 Å². The van der Waals surface area contributed by atoms with Crippen LogP contribution in [-0.2, 0) is 5.54 Å². The van der Waals surface area contributed by atoms with Gasteiger partial charge in [-0.25, -0.2) is 8.78 Å². The molecule has 98 valence electrons. The fourth-order valence-corrected chi connectivity index (χ4v) is 2.49. The van der Waals surface area contributed by atoms with E-state index in [0.29, 0.717) is 11.3 Å². The molecule has 1 heterocycles. The molecule has 18 heavy (non-hydrogen) atoms. The highest BCUT2D eigenvalue weighted by atomic mass is 32.1. The summed E-state index contributed by atoms with van der Waals surface area (Å²) in [5, 5.41) is 2.80. The molecule has 1 aromatic carbocycles. The lowest BCUT2D eigenvalue weighted by molar-refractivity contribution is 0.0878. The lowest BCUT2D eigenvalue weighted by Crippen LogP contribution is -2.61. The molecule has 0 spiro atoms. The Morgan fingerprint density at radius 2 is 2.11 bits per heavy atom. The van der Waals surface area contributed by atoms with Gasteiger partial charge in [-0.1, -0.05) is 24.4 Å². The van der Waals surface area contributed by atoms with E-state index in [2.05, 4.69) is 5.32 Å². The van der Waals surface area contributed by atoms with E-state index in [1.807, 2.05) is 0 Å². The highest BCUT2D eigenvalue weighted by Crippen LogP contribution is 2.39. The number of piperidine rings is 1. The van der Waals surface area contributed by atoms with Crippen molar-refractivity contribution in [3.63, 3.8) is 0 Å². The fraction of sp³-hybridized carbons (Fsp3) is 0.462. The van der Waals surface area contributed by atoms with Crippen LogP contribution in [0.3, 0.4) is 0 Å². The number of benzene rings is 1. The van der Waals surface area contributed by atoms with Crippen LogP contribution in [0.15, 0.2) is 24.3 Å². The molecule has 1 fully saturated rings. The van der Waals surface area contributed by atoms with Gasteiger partial charge in [0.2, 0.25) is 0 Å². The second kappa shape index (κ2) is 4.16. The normalized spacial score (nSPS) is 36.2. The van der Waals surface area contributed by atoms with Crippen molar-refractivity contribution in [3.05, 3.63) is 29.8 Å². The Bertz CT molecular complexity index is 490. The number of halogens is 2. The zero-order valence-corrected chi connectivity index (χ0v) is 11.2.